The number of rotatable bonds is 4. The van der Waals surface area contributed by atoms with Gasteiger partial charge in [-0.15, -0.1) is 0 Å². The van der Waals surface area contributed by atoms with Crippen LogP contribution in [0.15, 0.2) is 29.2 Å². The van der Waals surface area contributed by atoms with Gasteiger partial charge in [-0.2, -0.15) is 5.26 Å². The molecule has 0 aliphatic carbocycles. The van der Waals surface area contributed by atoms with Crippen LogP contribution in [0.3, 0.4) is 0 Å². The van der Waals surface area contributed by atoms with Crippen molar-refractivity contribution in [2.75, 3.05) is 6.54 Å². The molecule has 0 bridgehead atoms. The Morgan fingerprint density at radius 3 is 2.50 bits per heavy atom. The Hall–Kier alpha value is -1.09. The summed E-state index contributed by atoms with van der Waals surface area (Å²) in [4.78, 5) is 0.141. The lowest BCUT2D eigenvalue weighted by atomic mass is 10.2. The fourth-order valence-corrected chi connectivity index (χ4v) is 2.23. The van der Waals surface area contributed by atoms with Gasteiger partial charge in [0.05, 0.1) is 16.9 Å². The van der Waals surface area contributed by atoms with Crippen LogP contribution < -0.4 is 4.72 Å². The summed E-state index contributed by atoms with van der Waals surface area (Å²) in [5, 5.41) is 9.01. The summed E-state index contributed by atoms with van der Waals surface area (Å²) in [7, 11) is -3.54. The second-order valence-electron chi connectivity index (χ2n) is 3.34. The highest BCUT2D eigenvalue weighted by Gasteiger charge is 2.14. The zero-order valence-electron chi connectivity index (χ0n) is 8.64. The highest BCUT2D eigenvalue weighted by atomic mass is 35.5. The number of halogens is 1. The first kappa shape index (κ1) is 13.0. The predicted molar refractivity (Wildman–Crippen MR) is 61.4 cm³/mol. The highest BCUT2D eigenvalue weighted by molar-refractivity contribution is 7.89. The van der Waals surface area contributed by atoms with E-state index in [1.165, 1.54) is 24.3 Å². The van der Waals surface area contributed by atoms with Gasteiger partial charge in [0.1, 0.15) is 0 Å². The van der Waals surface area contributed by atoms with Crippen LogP contribution in [0.2, 0.25) is 5.02 Å². The SMILES string of the molecule is CC(C#N)CNS(=O)(=O)c1ccc(Cl)cc1. The van der Waals surface area contributed by atoms with Crippen molar-refractivity contribution in [2.24, 2.45) is 5.92 Å². The molecule has 0 amide bonds. The molecule has 16 heavy (non-hydrogen) atoms. The van der Waals surface area contributed by atoms with E-state index >= 15 is 0 Å². The van der Waals surface area contributed by atoms with Crippen LogP contribution in [0, 0.1) is 17.2 Å². The Bertz CT molecular complexity index is 491. The largest absolute Gasteiger partial charge is 0.240 e. The summed E-state index contributed by atoms with van der Waals surface area (Å²) in [5.41, 5.74) is 0. The quantitative estimate of drug-likeness (QED) is 0.895. The molecule has 1 aromatic carbocycles. The lowest BCUT2D eigenvalue weighted by Crippen LogP contribution is -2.27. The van der Waals surface area contributed by atoms with Crippen molar-refractivity contribution < 1.29 is 8.42 Å². The van der Waals surface area contributed by atoms with Gasteiger partial charge in [0.25, 0.3) is 0 Å². The van der Waals surface area contributed by atoms with E-state index in [2.05, 4.69) is 4.72 Å². The van der Waals surface area contributed by atoms with E-state index in [-0.39, 0.29) is 17.4 Å². The molecule has 0 aliphatic rings. The maximum Gasteiger partial charge on any atom is 0.240 e. The first-order valence-electron chi connectivity index (χ1n) is 4.60. The van der Waals surface area contributed by atoms with E-state index < -0.39 is 10.0 Å². The minimum absolute atomic E-state index is 0.0987. The molecule has 0 spiro atoms. The number of nitrogens with zero attached hydrogens (tertiary/aromatic N) is 1. The minimum atomic E-state index is -3.54. The summed E-state index contributed by atoms with van der Waals surface area (Å²) in [6.07, 6.45) is 0. The molecule has 1 rings (SSSR count). The van der Waals surface area contributed by atoms with Gasteiger partial charge in [-0.1, -0.05) is 11.6 Å². The lowest BCUT2D eigenvalue weighted by molar-refractivity contribution is 0.573. The molecule has 0 fully saturated rings. The summed E-state index contributed by atoms with van der Waals surface area (Å²) in [6, 6.07) is 7.79. The molecule has 86 valence electrons. The average Bonchev–Trinajstić information content (AvgIpc) is 2.26. The first-order valence-corrected chi connectivity index (χ1v) is 6.46. The summed E-state index contributed by atoms with van der Waals surface area (Å²) < 4.78 is 25.8. The van der Waals surface area contributed by atoms with Crippen LogP contribution in [0.1, 0.15) is 6.92 Å². The Kier molecular flexibility index (Phi) is 4.30. The number of nitrogens with one attached hydrogen (secondary N) is 1. The molecule has 0 saturated carbocycles. The molecule has 0 aliphatic heterocycles. The maximum absolute atomic E-state index is 11.7. The monoisotopic (exact) mass is 258 g/mol. The van der Waals surface area contributed by atoms with Gasteiger partial charge in [0.2, 0.25) is 10.0 Å². The molecule has 1 unspecified atom stereocenters. The third kappa shape index (κ3) is 3.49. The molecule has 0 saturated heterocycles. The molecule has 4 nitrogen and oxygen atoms in total. The summed E-state index contributed by atoms with van der Waals surface area (Å²) >= 11 is 5.65. The first-order chi connectivity index (χ1) is 7.45. The van der Waals surface area contributed by atoms with E-state index in [9.17, 15) is 8.42 Å². The fourth-order valence-electron chi connectivity index (χ4n) is 0.977. The van der Waals surface area contributed by atoms with Gasteiger partial charge in [-0.05, 0) is 31.2 Å². The number of nitriles is 1. The summed E-state index contributed by atoms with van der Waals surface area (Å²) in [5.74, 6) is -0.359. The highest BCUT2D eigenvalue weighted by Crippen LogP contribution is 2.13. The molecule has 1 N–H and O–H groups in total. The third-order valence-corrected chi connectivity index (χ3v) is 3.62. The van der Waals surface area contributed by atoms with Crippen LogP contribution in [-0.2, 0) is 10.0 Å². The predicted octanol–water partition coefficient (Wildman–Crippen LogP) is 1.78. The van der Waals surface area contributed by atoms with Crippen LogP contribution >= 0.6 is 11.6 Å². The fraction of sp³-hybridized carbons (Fsp3) is 0.300. The van der Waals surface area contributed by atoms with Gasteiger partial charge in [0.15, 0.2) is 0 Å². The number of sulfonamides is 1. The second-order valence-corrected chi connectivity index (χ2v) is 5.54. The molecule has 0 aromatic heterocycles. The van der Waals surface area contributed by atoms with Crippen molar-refractivity contribution in [3.05, 3.63) is 29.3 Å². The molecule has 0 radical (unpaired) electrons. The van der Waals surface area contributed by atoms with E-state index in [1.54, 1.807) is 6.92 Å². The minimum Gasteiger partial charge on any atom is -0.210 e. The number of benzene rings is 1. The molecular weight excluding hydrogens is 248 g/mol. The van der Waals surface area contributed by atoms with Crippen molar-refractivity contribution in [3.63, 3.8) is 0 Å². The average molecular weight is 259 g/mol. The Balaban J connectivity index is 2.79. The van der Waals surface area contributed by atoms with E-state index in [1.807, 2.05) is 6.07 Å². The van der Waals surface area contributed by atoms with Crippen LogP contribution in [0.4, 0.5) is 0 Å². The molecule has 1 atom stereocenters. The number of hydrogen-bond acceptors (Lipinski definition) is 3. The van der Waals surface area contributed by atoms with E-state index in [4.69, 9.17) is 16.9 Å². The Labute approximate surface area is 99.9 Å². The normalized spacial score (nSPS) is 13.1. The zero-order valence-corrected chi connectivity index (χ0v) is 10.2. The van der Waals surface area contributed by atoms with Gasteiger partial charge in [0, 0.05) is 11.6 Å². The Morgan fingerprint density at radius 1 is 1.44 bits per heavy atom. The molecule has 1 aromatic rings. The van der Waals surface area contributed by atoms with Crippen LogP contribution in [0.25, 0.3) is 0 Å². The van der Waals surface area contributed by atoms with E-state index in [0.29, 0.717) is 5.02 Å². The van der Waals surface area contributed by atoms with Crippen LogP contribution in [-0.4, -0.2) is 15.0 Å². The van der Waals surface area contributed by atoms with Crippen molar-refractivity contribution >= 4 is 21.6 Å². The van der Waals surface area contributed by atoms with Gasteiger partial charge in [-0.25, -0.2) is 13.1 Å². The molecule has 0 heterocycles. The Morgan fingerprint density at radius 2 is 2.00 bits per heavy atom. The van der Waals surface area contributed by atoms with Crippen molar-refractivity contribution in [1.29, 1.82) is 5.26 Å². The van der Waals surface area contributed by atoms with Crippen LogP contribution in [0.5, 0.6) is 0 Å². The smallest absolute Gasteiger partial charge is 0.210 e. The molecular formula is C10H11ClN2O2S. The third-order valence-electron chi connectivity index (χ3n) is 1.92. The lowest BCUT2D eigenvalue weighted by Gasteiger charge is -2.07. The van der Waals surface area contributed by atoms with Gasteiger partial charge >= 0.3 is 0 Å². The number of hydrogen-bond donors (Lipinski definition) is 1. The topological polar surface area (TPSA) is 70.0 Å². The van der Waals surface area contributed by atoms with Crippen molar-refractivity contribution in [2.45, 2.75) is 11.8 Å². The standard InChI is InChI=1S/C10H11ClN2O2S/c1-8(6-12)7-13-16(14,15)10-4-2-9(11)3-5-10/h2-5,8,13H,7H2,1H3. The van der Waals surface area contributed by atoms with Gasteiger partial charge in [-0.3, -0.25) is 0 Å². The van der Waals surface area contributed by atoms with Crippen molar-refractivity contribution in [3.8, 4) is 6.07 Å². The molecule has 6 heteroatoms. The maximum atomic E-state index is 11.7. The van der Waals surface area contributed by atoms with Gasteiger partial charge < -0.3 is 0 Å². The zero-order chi connectivity index (χ0) is 12.2. The van der Waals surface area contributed by atoms with Crippen molar-refractivity contribution in [1.82, 2.24) is 4.72 Å². The second kappa shape index (κ2) is 5.30. The summed E-state index contributed by atoms with van der Waals surface area (Å²) in [6.45, 7) is 1.74. The van der Waals surface area contributed by atoms with E-state index in [0.717, 1.165) is 0 Å².